The number of para-hydroxylation sites is 2. The Labute approximate surface area is 165 Å². The highest BCUT2D eigenvalue weighted by atomic mass is 32.1. The minimum absolute atomic E-state index is 0.000924. The third-order valence-corrected chi connectivity index (χ3v) is 5.01. The van der Waals surface area contributed by atoms with Crippen molar-refractivity contribution >= 4 is 22.6 Å². The molecule has 0 atom stereocenters. The molecule has 142 valence electrons. The first kappa shape index (κ1) is 19.5. The fourth-order valence-corrected chi connectivity index (χ4v) is 3.30. The van der Waals surface area contributed by atoms with Gasteiger partial charge < -0.3 is 10.1 Å². The van der Waals surface area contributed by atoms with Gasteiger partial charge in [0.05, 0.1) is 11.4 Å². The van der Waals surface area contributed by atoms with E-state index in [9.17, 15) is 14.0 Å². The summed E-state index contributed by atoms with van der Waals surface area (Å²) in [5, 5.41) is 14.8. The highest BCUT2D eigenvalue weighted by molar-refractivity contribution is 7.11. The lowest BCUT2D eigenvalue weighted by Gasteiger charge is -2.10. The smallest absolute Gasteiger partial charge is 0.387 e. The summed E-state index contributed by atoms with van der Waals surface area (Å²) >= 11 is 1.34. The molecular weight excluding hydrogens is 380 g/mol. The van der Waals surface area contributed by atoms with Crippen LogP contribution in [0.2, 0.25) is 0 Å². The van der Waals surface area contributed by atoms with Crippen molar-refractivity contribution in [2.45, 2.75) is 20.5 Å². The predicted octanol–water partition coefficient (Wildman–Crippen LogP) is 6.00. The van der Waals surface area contributed by atoms with Crippen molar-refractivity contribution in [3.05, 3.63) is 70.2 Å². The average Bonchev–Trinajstić information content (AvgIpc) is 3.15. The van der Waals surface area contributed by atoms with E-state index in [1.165, 1.54) is 34.7 Å². The quantitative estimate of drug-likeness (QED) is 0.518. The fraction of sp³-hybridized carbons (Fsp3) is 0.143. The zero-order valence-electron chi connectivity index (χ0n) is 15.2. The summed E-state index contributed by atoms with van der Waals surface area (Å²) in [6.45, 7) is 1.15. The fourth-order valence-electron chi connectivity index (χ4n) is 2.51. The van der Waals surface area contributed by atoms with Gasteiger partial charge in [0.2, 0.25) is 0 Å². The number of rotatable bonds is 6. The van der Waals surface area contributed by atoms with Crippen LogP contribution >= 0.6 is 11.3 Å². The standard InChI is InChI=1S/C21H17F2N3OS/c1-13-7-8-15(9-14(13)2)18-12-28-20(26-18)16(10-24)11-25-17-5-3-4-6-19(17)27-21(22)23/h3-9,11-12,21,25H,1-2H3. The first-order valence-electron chi connectivity index (χ1n) is 8.42. The number of nitrogens with zero attached hydrogens (tertiary/aromatic N) is 2. The lowest BCUT2D eigenvalue weighted by Crippen LogP contribution is -2.04. The van der Waals surface area contributed by atoms with E-state index in [4.69, 9.17) is 0 Å². The van der Waals surface area contributed by atoms with Crippen molar-refractivity contribution < 1.29 is 13.5 Å². The Bertz CT molecular complexity index is 1050. The molecule has 0 radical (unpaired) electrons. The monoisotopic (exact) mass is 397 g/mol. The molecule has 3 rings (SSSR count). The Balaban J connectivity index is 1.84. The van der Waals surface area contributed by atoms with Gasteiger partial charge in [-0.15, -0.1) is 11.3 Å². The summed E-state index contributed by atoms with van der Waals surface area (Å²) in [6, 6.07) is 14.5. The van der Waals surface area contributed by atoms with Gasteiger partial charge in [0.15, 0.2) is 0 Å². The second-order valence-electron chi connectivity index (χ2n) is 6.03. The minimum atomic E-state index is -2.93. The Morgan fingerprint density at radius 1 is 1.21 bits per heavy atom. The number of allylic oxidation sites excluding steroid dienone is 1. The summed E-state index contributed by atoms with van der Waals surface area (Å²) < 4.78 is 29.5. The lowest BCUT2D eigenvalue weighted by atomic mass is 10.1. The number of nitriles is 1. The maximum Gasteiger partial charge on any atom is 0.387 e. The molecule has 2 aromatic carbocycles. The van der Waals surface area contributed by atoms with E-state index < -0.39 is 6.61 Å². The average molecular weight is 397 g/mol. The first-order valence-corrected chi connectivity index (χ1v) is 9.30. The summed E-state index contributed by atoms with van der Waals surface area (Å²) in [6.07, 6.45) is 1.44. The van der Waals surface area contributed by atoms with E-state index in [2.05, 4.69) is 27.2 Å². The van der Waals surface area contributed by atoms with Gasteiger partial charge in [-0.2, -0.15) is 14.0 Å². The van der Waals surface area contributed by atoms with Crippen LogP contribution in [0.5, 0.6) is 5.75 Å². The second kappa shape index (κ2) is 8.63. The number of nitrogens with one attached hydrogen (secondary N) is 1. The normalized spacial score (nSPS) is 11.4. The van der Waals surface area contributed by atoms with Crippen molar-refractivity contribution in [2.75, 3.05) is 5.32 Å². The Hall–Kier alpha value is -3.24. The molecule has 28 heavy (non-hydrogen) atoms. The summed E-state index contributed by atoms with van der Waals surface area (Å²) in [5.74, 6) is 0.000924. The molecule has 0 fully saturated rings. The van der Waals surface area contributed by atoms with E-state index in [-0.39, 0.29) is 5.75 Å². The SMILES string of the molecule is Cc1ccc(-c2csc(C(C#N)=CNc3ccccc3OC(F)F)n2)cc1C. The molecule has 0 bridgehead atoms. The van der Waals surface area contributed by atoms with Gasteiger partial charge in [-0.05, 0) is 43.2 Å². The summed E-state index contributed by atoms with van der Waals surface area (Å²) in [5.41, 5.74) is 4.76. The Kier molecular flexibility index (Phi) is 6.02. The number of thiazole rings is 1. The van der Waals surface area contributed by atoms with Gasteiger partial charge in [-0.25, -0.2) is 4.98 Å². The van der Waals surface area contributed by atoms with Crippen molar-refractivity contribution in [1.29, 1.82) is 5.26 Å². The predicted molar refractivity (Wildman–Crippen MR) is 107 cm³/mol. The molecule has 0 aliphatic heterocycles. The number of ether oxygens (including phenoxy) is 1. The lowest BCUT2D eigenvalue weighted by molar-refractivity contribution is -0.0493. The number of anilines is 1. The summed E-state index contributed by atoms with van der Waals surface area (Å²) in [7, 11) is 0. The maximum atomic E-state index is 12.5. The molecule has 0 unspecified atom stereocenters. The number of benzene rings is 2. The van der Waals surface area contributed by atoms with Crippen LogP contribution in [0.1, 0.15) is 16.1 Å². The molecule has 3 aromatic rings. The van der Waals surface area contributed by atoms with Crippen LogP contribution in [0.15, 0.2) is 54.0 Å². The van der Waals surface area contributed by atoms with Crippen molar-refractivity contribution in [3.63, 3.8) is 0 Å². The van der Waals surface area contributed by atoms with Crippen molar-refractivity contribution in [2.24, 2.45) is 0 Å². The number of halogens is 2. The Morgan fingerprint density at radius 3 is 2.71 bits per heavy atom. The third-order valence-electron chi connectivity index (χ3n) is 4.13. The molecule has 7 heteroatoms. The molecule has 0 aliphatic carbocycles. The molecule has 0 spiro atoms. The second-order valence-corrected chi connectivity index (χ2v) is 6.88. The van der Waals surface area contributed by atoms with Crippen molar-refractivity contribution in [3.8, 4) is 23.1 Å². The van der Waals surface area contributed by atoms with Crippen LogP contribution in [0, 0.1) is 25.2 Å². The van der Waals surface area contributed by atoms with Crippen LogP contribution in [-0.4, -0.2) is 11.6 Å². The van der Waals surface area contributed by atoms with Crippen LogP contribution in [0.4, 0.5) is 14.5 Å². The zero-order chi connectivity index (χ0) is 20.1. The maximum absolute atomic E-state index is 12.5. The van der Waals surface area contributed by atoms with Gasteiger partial charge in [-0.1, -0.05) is 24.3 Å². The number of hydrogen-bond donors (Lipinski definition) is 1. The number of aryl methyl sites for hydroxylation is 2. The largest absolute Gasteiger partial charge is 0.433 e. The Morgan fingerprint density at radius 2 is 2.00 bits per heavy atom. The highest BCUT2D eigenvalue weighted by Gasteiger charge is 2.11. The molecule has 0 amide bonds. The molecular formula is C21H17F2N3OS. The highest BCUT2D eigenvalue weighted by Crippen LogP contribution is 2.29. The van der Waals surface area contributed by atoms with Gasteiger partial charge in [-0.3, -0.25) is 0 Å². The molecule has 4 nitrogen and oxygen atoms in total. The van der Waals surface area contributed by atoms with Crippen LogP contribution in [-0.2, 0) is 0 Å². The van der Waals surface area contributed by atoms with Crippen LogP contribution in [0.25, 0.3) is 16.8 Å². The van der Waals surface area contributed by atoms with Gasteiger partial charge in [0.25, 0.3) is 0 Å². The third kappa shape index (κ3) is 4.53. The van der Waals surface area contributed by atoms with E-state index in [1.807, 2.05) is 31.4 Å². The molecule has 0 aliphatic rings. The van der Waals surface area contributed by atoms with Gasteiger partial charge in [0.1, 0.15) is 22.4 Å². The van der Waals surface area contributed by atoms with E-state index in [0.29, 0.717) is 16.3 Å². The van der Waals surface area contributed by atoms with Crippen LogP contribution in [0.3, 0.4) is 0 Å². The topological polar surface area (TPSA) is 57.9 Å². The van der Waals surface area contributed by atoms with E-state index in [0.717, 1.165) is 11.3 Å². The minimum Gasteiger partial charge on any atom is -0.433 e. The number of alkyl halides is 2. The van der Waals surface area contributed by atoms with E-state index in [1.54, 1.807) is 18.2 Å². The molecule has 0 saturated heterocycles. The molecule has 0 saturated carbocycles. The number of hydrogen-bond acceptors (Lipinski definition) is 5. The molecule has 1 heterocycles. The first-order chi connectivity index (χ1) is 13.5. The number of aromatic nitrogens is 1. The molecule has 1 aromatic heterocycles. The zero-order valence-corrected chi connectivity index (χ0v) is 16.1. The van der Waals surface area contributed by atoms with Gasteiger partial charge >= 0.3 is 6.61 Å². The van der Waals surface area contributed by atoms with E-state index >= 15 is 0 Å². The van der Waals surface area contributed by atoms with Crippen molar-refractivity contribution in [1.82, 2.24) is 4.98 Å². The van der Waals surface area contributed by atoms with Crippen LogP contribution < -0.4 is 10.1 Å². The molecule has 1 N–H and O–H groups in total. The van der Waals surface area contributed by atoms with Gasteiger partial charge in [0, 0.05) is 17.1 Å². The summed E-state index contributed by atoms with van der Waals surface area (Å²) in [4.78, 5) is 4.54.